The van der Waals surface area contributed by atoms with E-state index in [4.69, 9.17) is 9.47 Å². The smallest absolute Gasteiger partial charge is 0.410 e. The van der Waals surface area contributed by atoms with Gasteiger partial charge in [-0.05, 0) is 26.3 Å². The molecule has 1 atom stereocenters. The van der Waals surface area contributed by atoms with E-state index in [1.807, 2.05) is 30.3 Å². The van der Waals surface area contributed by atoms with Gasteiger partial charge in [0.1, 0.15) is 12.2 Å². The van der Waals surface area contributed by atoms with Crippen LogP contribution in [0.25, 0.3) is 0 Å². The lowest BCUT2D eigenvalue weighted by atomic mass is 10.1. The Kier molecular flexibility index (Phi) is 6.85. The van der Waals surface area contributed by atoms with Gasteiger partial charge in [0.25, 0.3) is 0 Å². The highest BCUT2D eigenvalue weighted by Crippen LogP contribution is 2.15. The van der Waals surface area contributed by atoms with E-state index >= 15 is 0 Å². The second-order valence-electron chi connectivity index (χ2n) is 7.46. The number of carbonyl (C=O) groups excluding carboxylic acids is 2. The summed E-state index contributed by atoms with van der Waals surface area (Å²) >= 11 is 0. The van der Waals surface area contributed by atoms with Crippen molar-refractivity contribution >= 4 is 12.2 Å². The molecule has 2 rings (SSSR count). The minimum absolute atomic E-state index is 0.123. The molecule has 0 unspecified atom stereocenters. The van der Waals surface area contributed by atoms with Crippen molar-refractivity contribution in [1.29, 1.82) is 0 Å². The number of aliphatic hydroxyl groups is 1. The lowest BCUT2D eigenvalue weighted by molar-refractivity contribution is 0.0226. The number of benzene rings is 1. The molecule has 1 heterocycles. The number of nitrogens with zero attached hydrogens (tertiary/aromatic N) is 2. The Balaban J connectivity index is 1.94. The maximum atomic E-state index is 12.4. The van der Waals surface area contributed by atoms with Crippen LogP contribution in [0.3, 0.4) is 0 Å². The van der Waals surface area contributed by atoms with Gasteiger partial charge in [-0.2, -0.15) is 0 Å². The van der Waals surface area contributed by atoms with Crippen LogP contribution >= 0.6 is 0 Å². The Hall–Kier alpha value is -2.28. The van der Waals surface area contributed by atoms with Gasteiger partial charge in [0.05, 0.1) is 0 Å². The first-order chi connectivity index (χ1) is 12.3. The Bertz CT molecular complexity index is 600. The summed E-state index contributed by atoms with van der Waals surface area (Å²) in [4.78, 5) is 27.8. The summed E-state index contributed by atoms with van der Waals surface area (Å²) in [5.41, 5.74) is 0.316. The zero-order valence-electron chi connectivity index (χ0n) is 15.7. The lowest BCUT2D eigenvalue weighted by Gasteiger charge is -2.27. The number of rotatable bonds is 3. The van der Waals surface area contributed by atoms with Crippen LogP contribution < -0.4 is 0 Å². The van der Waals surface area contributed by atoms with E-state index in [9.17, 15) is 14.7 Å². The van der Waals surface area contributed by atoms with E-state index in [0.717, 1.165) is 5.56 Å². The van der Waals surface area contributed by atoms with Crippen molar-refractivity contribution in [2.24, 2.45) is 5.92 Å². The van der Waals surface area contributed by atoms with Crippen LogP contribution in [0.15, 0.2) is 30.3 Å². The van der Waals surface area contributed by atoms with E-state index in [1.54, 1.807) is 20.8 Å². The van der Waals surface area contributed by atoms with Gasteiger partial charge < -0.3 is 24.4 Å². The van der Waals surface area contributed by atoms with Crippen LogP contribution in [-0.2, 0) is 16.1 Å². The van der Waals surface area contributed by atoms with Crippen molar-refractivity contribution in [3.8, 4) is 0 Å². The molecule has 0 aliphatic carbocycles. The molecule has 1 fully saturated rings. The van der Waals surface area contributed by atoms with Crippen LogP contribution in [0, 0.1) is 5.92 Å². The van der Waals surface area contributed by atoms with E-state index in [0.29, 0.717) is 26.2 Å². The van der Waals surface area contributed by atoms with Gasteiger partial charge in [-0.15, -0.1) is 0 Å². The molecule has 1 aromatic rings. The van der Waals surface area contributed by atoms with Gasteiger partial charge in [-0.3, -0.25) is 0 Å². The molecule has 144 valence electrons. The molecule has 0 bridgehead atoms. The van der Waals surface area contributed by atoms with Crippen LogP contribution in [0.1, 0.15) is 26.3 Å². The van der Waals surface area contributed by atoms with Gasteiger partial charge >= 0.3 is 12.2 Å². The molecule has 7 heteroatoms. The highest BCUT2D eigenvalue weighted by molar-refractivity contribution is 5.69. The summed E-state index contributed by atoms with van der Waals surface area (Å²) in [6.45, 7) is 6.84. The molecular weight excluding hydrogens is 336 g/mol. The fourth-order valence-electron chi connectivity index (χ4n) is 2.69. The fourth-order valence-corrected chi connectivity index (χ4v) is 2.69. The first-order valence-electron chi connectivity index (χ1n) is 8.83. The van der Waals surface area contributed by atoms with Crippen LogP contribution in [-0.4, -0.2) is 65.5 Å². The number of hydrogen-bond acceptors (Lipinski definition) is 5. The van der Waals surface area contributed by atoms with Gasteiger partial charge in [-0.25, -0.2) is 9.59 Å². The Morgan fingerprint density at radius 2 is 1.65 bits per heavy atom. The largest absolute Gasteiger partial charge is 0.445 e. The molecule has 0 saturated carbocycles. The molecule has 1 aliphatic heterocycles. The topological polar surface area (TPSA) is 79.3 Å². The number of aliphatic hydroxyl groups excluding tert-OH is 1. The Morgan fingerprint density at radius 1 is 1.08 bits per heavy atom. The minimum atomic E-state index is -0.591. The van der Waals surface area contributed by atoms with Crippen molar-refractivity contribution in [2.45, 2.75) is 33.0 Å². The van der Waals surface area contributed by atoms with E-state index < -0.39 is 17.8 Å². The Labute approximate surface area is 154 Å². The van der Waals surface area contributed by atoms with E-state index in [1.165, 1.54) is 9.80 Å². The molecule has 1 aliphatic rings. The second-order valence-corrected chi connectivity index (χ2v) is 7.46. The van der Waals surface area contributed by atoms with Gasteiger partial charge in [-0.1, -0.05) is 30.3 Å². The van der Waals surface area contributed by atoms with Crippen LogP contribution in [0.4, 0.5) is 9.59 Å². The molecule has 1 aromatic carbocycles. The predicted molar refractivity (Wildman–Crippen MR) is 96.6 cm³/mol. The third kappa shape index (κ3) is 6.22. The molecular formula is C19H28N2O5. The molecule has 0 aromatic heterocycles. The average Bonchev–Trinajstić information content (AvgIpc) is 2.82. The lowest BCUT2D eigenvalue weighted by Crippen LogP contribution is -2.40. The highest BCUT2D eigenvalue weighted by atomic mass is 16.6. The standard InChI is InChI=1S/C19H28N2O5/c1-19(2,3)26-18(24)21-10-9-20(11-16(12-21)13-22)17(23)25-14-15-7-5-4-6-8-15/h4-8,16,22H,9-14H2,1-3H3/t16-/m1/s1. The zero-order valence-corrected chi connectivity index (χ0v) is 15.7. The van der Waals surface area contributed by atoms with Gasteiger partial charge in [0, 0.05) is 38.7 Å². The maximum Gasteiger partial charge on any atom is 0.410 e. The highest BCUT2D eigenvalue weighted by Gasteiger charge is 2.30. The molecule has 0 radical (unpaired) electrons. The van der Waals surface area contributed by atoms with Crippen molar-refractivity contribution in [1.82, 2.24) is 9.80 Å². The first-order valence-corrected chi connectivity index (χ1v) is 8.83. The molecule has 0 spiro atoms. The summed E-state index contributed by atoms with van der Waals surface area (Å²) in [5, 5.41) is 9.60. The minimum Gasteiger partial charge on any atom is -0.445 e. The summed E-state index contributed by atoms with van der Waals surface area (Å²) in [5.74, 6) is -0.241. The Morgan fingerprint density at radius 3 is 2.19 bits per heavy atom. The second kappa shape index (κ2) is 8.89. The predicted octanol–water partition coefficient (Wildman–Crippen LogP) is 2.48. The normalized spacial score (nSPS) is 18.2. The molecule has 1 N–H and O–H groups in total. The van der Waals surface area contributed by atoms with E-state index in [2.05, 4.69) is 0 Å². The number of ether oxygens (including phenoxy) is 2. The van der Waals surface area contributed by atoms with Gasteiger partial charge in [0.15, 0.2) is 0 Å². The number of amides is 2. The molecule has 1 saturated heterocycles. The van der Waals surface area contributed by atoms with Crippen molar-refractivity contribution in [2.75, 3.05) is 32.8 Å². The number of hydrogen-bond donors (Lipinski definition) is 1. The SMILES string of the molecule is CC(C)(C)OC(=O)N1CCN(C(=O)OCc2ccccc2)C[C@@H](CO)C1. The van der Waals surface area contributed by atoms with Crippen LogP contribution in [0.2, 0.25) is 0 Å². The van der Waals surface area contributed by atoms with Crippen molar-refractivity contribution < 1.29 is 24.2 Å². The third-order valence-corrected chi connectivity index (χ3v) is 3.97. The zero-order chi connectivity index (χ0) is 19.2. The van der Waals surface area contributed by atoms with Crippen LogP contribution in [0.5, 0.6) is 0 Å². The van der Waals surface area contributed by atoms with Gasteiger partial charge in [0.2, 0.25) is 0 Å². The summed E-state index contributed by atoms with van der Waals surface area (Å²) in [7, 11) is 0. The van der Waals surface area contributed by atoms with E-state index in [-0.39, 0.29) is 19.1 Å². The molecule has 26 heavy (non-hydrogen) atoms. The van der Waals surface area contributed by atoms with Crippen molar-refractivity contribution in [3.63, 3.8) is 0 Å². The van der Waals surface area contributed by atoms with Crippen molar-refractivity contribution in [3.05, 3.63) is 35.9 Å². The quantitative estimate of drug-likeness (QED) is 0.891. The maximum absolute atomic E-state index is 12.4. The third-order valence-electron chi connectivity index (χ3n) is 3.97. The summed E-state index contributed by atoms with van der Waals surface area (Å²) in [6, 6.07) is 9.44. The fraction of sp³-hybridized carbons (Fsp3) is 0.579. The molecule has 2 amide bonds. The number of carbonyl (C=O) groups is 2. The summed E-state index contributed by atoms with van der Waals surface area (Å²) in [6.07, 6.45) is -0.881. The first kappa shape index (κ1) is 20.0. The monoisotopic (exact) mass is 364 g/mol. The average molecular weight is 364 g/mol. The molecule has 7 nitrogen and oxygen atoms in total. The summed E-state index contributed by atoms with van der Waals surface area (Å²) < 4.78 is 10.8.